The van der Waals surface area contributed by atoms with E-state index in [-0.39, 0.29) is 10.9 Å². The Morgan fingerprint density at radius 3 is 2.71 bits per heavy atom. The van der Waals surface area contributed by atoms with Gasteiger partial charge in [-0.25, -0.2) is 9.37 Å². The number of H-pyrrole nitrogens is 1. The van der Waals surface area contributed by atoms with E-state index in [9.17, 15) is 9.18 Å². The zero-order valence-electron chi connectivity index (χ0n) is 17.4. The predicted molar refractivity (Wildman–Crippen MR) is 121 cm³/mol. The first-order valence-electron chi connectivity index (χ1n) is 10.9. The van der Waals surface area contributed by atoms with Crippen LogP contribution in [-0.2, 0) is 0 Å². The third-order valence-electron chi connectivity index (χ3n) is 6.76. The first-order chi connectivity index (χ1) is 15.1. The van der Waals surface area contributed by atoms with E-state index in [0.29, 0.717) is 17.3 Å². The molecule has 158 valence electrons. The summed E-state index contributed by atoms with van der Waals surface area (Å²) in [7, 11) is 0. The molecular weight excluding hydrogens is 391 g/mol. The summed E-state index contributed by atoms with van der Waals surface area (Å²) in [6.07, 6.45) is 10.3. The number of aromatic nitrogens is 2. The number of hydrogen-bond acceptors (Lipinski definition) is 4. The molecule has 1 saturated heterocycles. The molecule has 5 rings (SSSR count). The molecule has 1 aromatic carbocycles. The van der Waals surface area contributed by atoms with Gasteiger partial charge in [-0.2, -0.15) is 0 Å². The molecular formula is C25H25FN4O. The fraction of sp³-hybridized carbons (Fsp3) is 0.360. The molecule has 1 saturated carbocycles. The van der Waals surface area contributed by atoms with E-state index in [1.165, 1.54) is 6.07 Å². The van der Waals surface area contributed by atoms with Crippen molar-refractivity contribution in [2.75, 3.05) is 31.1 Å². The smallest absolute Gasteiger partial charge is 0.259 e. The molecule has 5 nitrogen and oxygen atoms in total. The summed E-state index contributed by atoms with van der Waals surface area (Å²) >= 11 is 0. The molecule has 3 heterocycles. The van der Waals surface area contributed by atoms with Gasteiger partial charge in [0.2, 0.25) is 0 Å². The number of anilines is 1. The lowest BCUT2D eigenvalue weighted by Gasteiger charge is -2.38. The average Bonchev–Trinajstić information content (AvgIpc) is 3.29. The van der Waals surface area contributed by atoms with E-state index < -0.39 is 5.82 Å². The number of fused-ring (bicyclic) bond motifs is 1. The zero-order valence-corrected chi connectivity index (χ0v) is 17.4. The minimum atomic E-state index is -0.462. The van der Waals surface area contributed by atoms with E-state index in [0.717, 1.165) is 62.5 Å². The van der Waals surface area contributed by atoms with Crippen molar-refractivity contribution < 1.29 is 4.39 Å². The van der Waals surface area contributed by atoms with Gasteiger partial charge in [0.1, 0.15) is 11.6 Å². The first kappa shape index (κ1) is 19.8. The van der Waals surface area contributed by atoms with Crippen LogP contribution in [0.3, 0.4) is 0 Å². The highest BCUT2D eigenvalue weighted by molar-refractivity contribution is 5.82. The molecule has 6 heteroatoms. The number of halogens is 1. The molecule has 31 heavy (non-hydrogen) atoms. The van der Waals surface area contributed by atoms with Crippen molar-refractivity contribution in [1.29, 1.82) is 0 Å². The van der Waals surface area contributed by atoms with Crippen molar-refractivity contribution in [3.63, 3.8) is 0 Å². The maximum absolute atomic E-state index is 14.0. The van der Waals surface area contributed by atoms with Crippen LogP contribution in [0.1, 0.15) is 36.4 Å². The van der Waals surface area contributed by atoms with Crippen LogP contribution in [0, 0.1) is 18.2 Å². The SMILES string of the molecule is C#Cc1ccc(N2CCN(C3CCC(c4cc5cccc(F)c5c(=O)[nH]4)C3)CC2)nc1. The van der Waals surface area contributed by atoms with Crippen molar-refractivity contribution in [1.82, 2.24) is 14.9 Å². The number of terminal acetylenes is 1. The van der Waals surface area contributed by atoms with Gasteiger partial charge in [-0.05, 0) is 48.9 Å². The number of piperazine rings is 1. The summed E-state index contributed by atoms with van der Waals surface area (Å²) in [5.74, 6) is 3.43. The van der Waals surface area contributed by atoms with Gasteiger partial charge in [-0.15, -0.1) is 6.42 Å². The second-order valence-corrected chi connectivity index (χ2v) is 8.49. The van der Waals surface area contributed by atoms with Crippen LogP contribution in [0.4, 0.5) is 10.2 Å². The summed E-state index contributed by atoms with van der Waals surface area (Å²) in [4.78, 5) is 24.7. The van der Waals surface area contributed by atoms with Gasteiger partial charge in [0, 0.05) is 55.6 Å². The molecule has 1 aliphatic carbocycles. The van der Waals surface area contributed by atoms with Crippen LogP contribution in [0.2, 0.25) is 0 Å². The number of pyridine rings is 2. The Kier molecular flexibility index (Phi) is 5.21. The van der Waals surface area contributed by atoms with Gasteiger partial charge in [0.25, 0.3) is 5.56 Å². The Morgan fingerprint density at radius 1 is 1.13 bits per heavy atom. The molecule has 1 N–H and O–H groups in total. The van der Waals surface area contributed by atoms with Crippen molar-refractivity contribution in [2.24, 2.45) is 0 Å². The normalized spacial score (nSPS) is 22.0. The van der Waals surface area contributed by atoms with Crippen LogP contribution in [0.25, 0.3) is 10.8 Å². The minimum absolute atomic E-state index is 0.154. The van der Waals surface area contributed by atoms with E-state index in [2.05, 4.69) is 25.7 Å². The Morgan fingerprint density at radius 2 is 1.97 bits per heavy atom. The summed E-state index contributed by atoms with van der Waals surface area (Å²) in [6, 6.07) is 11.2. The molecule has 3 aromatic rings. The van der Waals surface area contributed by atoms with E-state index in [1.54, 1.807) is 12.3 Å². The average molecular weight is 417 g/mol. The van der Waals surface area contributed by atoms with Crippen LogP contribution < -0.4 is 10.5 Å². The number of aromatic amines is 1. The molecule has 2 unspecified atom stereocenters. The lowest BCUT2D eigenvalue weighted by molar-refractivity contribution is 0.186. The van der Waals surface area contributed by atoms with Crippen LogP contribution in [0.5, 0.6) is 0 Å². The minimum Gasteiger partial charge on any atom is -0.354 e. The lowest BCUT2D eigenvalue weighted by atomic mass is 10.00. The van der Waals surface area contributed by atoms with Crippen LogP contribution in [-0.4, -0.2) is 47.1 Å². The predicted octanol–water partition coefficient (Wildman–Crippen LogP) is 3.50. The first-order valence-corrected chi connectivity index (χ1v) is 10.9. The second-order valence-electron chi connectivity index (χ2n) is 8.49. The topological polar surface area (TPSA) is 52.2 Å². The largest absolute Gasteiger partial charge is 0.354 e. The summed E-state index contributed by atoms with van der Waals surface area (Å²) < 4.78 is 14.0. The maximum Gasteiger partial charge on any atom is 0.259 e. The summed E-state index contributed by atoms with van der Waals surface area (Å²) in [6.45, 7) is 3.87. The third-order valence-corrected chi connectivity index (χ3v) is 6.76. The highest BCUT2D eigenvalue weighted by Crippen LogP contribution is 2.37. The number of hydrogen-bond donors (Lipinski definition) is 1. The number of nitrogens with one attached hydrogen (secondary N) is 1. The molecule has 2 aliphatic rings. The standard InChI is InChI=1S/C25H25FN4O/c1-2-17-6-9-23(27-16-17)30-12-10-29(11-13-30)20-8-7-18(14-20)22-15-19-4-3-5-21(26)24(19)25(31)28-22/h1,3-6,9,15-16,18,20H,7-8,10-14H2,(H,28,31). The fourth-order valence-electron chi connectivity index (χ4n) is 5.06. The van der Waals surface area contributed by atoms with Gasteiger partial charge in [0.05, 0.1) is 5.39 Å². The molecule has 0 spiro atoms. The quantitative estimate of drug-likeness (QED) is 0.664. The molecule has 0 radical (unpaired) electrons. The summed E-state index contributed by atoms with van der Waals surface area (Å²) in [5.41, 5.74) is 1.40. The highest BCUT2D eigenvalue weighted by Gasteiger charge is 2.32. The Balaban J connectivity index is 1.24. The number of benzene rings is 1. The van der Waals surface area contributed by atoms with Crippen molar-refractivity contribution in [3.8, 4) is 12.3 Å². The Labute approximate surface area is 180 Å². The molecule has 2 aromatic heterocycles. The third kappa shape index (κ3) is 3.82. The Hall–Kier alpha value is -3.17. The summed E-state index contributed by atoms with van der Waals surface area (Å²) in [5, 5.41) is 0.833. The van der Waals surface area contributed by atoms with Gasteiger partial charge in [-0.3, -0.25) is 9.69 Å². The Bertz CT molecular complexity index is 1190. The number of rotatable bonds is 3. The molecule has 2 fully saturated rings. The highest BCUT2D eigenvalue weighted by atomic mass is 19.1. The van der Waals surface area contributed by atoms with Crippen LogP contribution in [0.15, 0.2) is 47.4 Å². The second kappa shape index (κ2) is 8.16. The van der Waals surface area contributed by atoms with Crippen molar-refractivity contribution in [3.05, 3.63) is 70.0 Å². The zero-order chi connectivity index (χ0) is 21.4. The van der Waals surface area contributed by atoms with E-state index in [1.807, 2.05) is 24.3 Å². The van der Waals surface area contributed by atoms with Gasteiger partial charge in [0.15, 0.2) is 0 Å². The molecule has 2 atom stereocenters. The van der Waals surface area contributed by atoms with Gasteiger partial charge in [-0.1, -0.05) is 18.1 Å². The van der Waals surface area contributed by atoms with Gasteiger partial charge >= 0.3 is 0 Å². The maximum atomic E-state index is 14.0. The molecule has 0 bridgehead atoms. The number of nitrogens with zero attached hydrogens (tertiary/aromatic N) is 3. The van der Waals surface area contributed by atoms with Crippen LogP contribution >= 0.6 is 0 Å². The molecule has 1 aliphatic heterocycles. The fourth-order valence-corrected chi connectivity index (χ4v) is 5.06. The lowest BCUT2D eigenvalue weighted by Crippen LogP contribution is -2.50. The van der Waals surface area contributed by atoms with E-state index in [4.69, 9.17) is 6.42 Å². The van der Waals surface area contributed by atoms with E-state index >= 15 is 0 Å². The van der Waals surface area contributed by atoms with Crippen molar-refractivity contribution >= 4 is 16.6 Å². The van der Waals surface area contributed by atoms with Crippen molar-refractivity contribution in [2.45, 2.75) is 31.2 Å². The van der Waals surface area contributed by atoms with Gasteiger partial charge < -0.3 is 9.88 Å². The molecule has 0 amide bonds. The monoisotopic (exact) mass is 416 g/mol.